The average molecular weight is 213 g/mol. The van der Waals surface area contributed by atoms with Crippen LogP contribution in [0.3, 0.4) is 0 Å². The lowest BCUT2D eigenvalue weighted by atomic mass is 10.0. The van der Waals surface area contributed by atoms with Crippen LogP contribution in [-0.4, -0.2) is 25.2 Å². The van der Waals surface area contributed by atoms with Gasteiger partial charge in [-0.05, 0) is 31.7 Å². The molecule has 0 bridgehead atoms. The lowest BCUT2D eigenvalue weighted by Gasteiger charge is -2.22. The molecule has 1 saturated heterocycles. The fraction of sp³-hybridized carbons (Fsp3) is 0.917. The number of piperidine rings is 1. The Morgan fingerprint density at radius 1 is 1.47 bits per heavy atom. The maximum Gasteiger partial charge on any atom is 0.305 e. The number of rotatable bonds is 5. The third-order valence-corrected chi connectivity index (χ3v) is 2.69. The first-order valence-corrected chi connectivity index (χ1v) is 6.07. The van der Waals surface area contributed by atoms with Gasteiger partial charge in [0.25, 0.3) is 0 Å². The van der Waals surface area contributed by atoms with E-state index in [1.807, 2.05) is 0 Å². The van der Waals surface area contributed by atoms with Crippen LogP contribution < -0.4 is 5.32 Å². The second kappa shape index (κ2) is 6.83. The van der Waals surface area contributed by atoms with Crippen molar-refractivity contribution < 1.29 is 9.53 Å². The molecule has 0 saturated carbocycles. The summed E-state index contributed by atoms with van der Waals surface area (Å²) >= 11 is 0. The summed E-state index contributed by atoms with van der Waals surface area (Å²) in [6.45, 7) is 5.76. The Kier molecular flexibility index (Phi) is 5.69. The first kappa shape index (κ1) is 12.5. The SMILES string of the molecule is CC(C)COC(=O)CCC1CCCCN1. The average Bonchev–Trinajstić information content (AvgIpc) is 2.25. The fourth-order valence-corrected chi connectivity index (χ4v) is 1.79. The van der Waals surface area contributed by atoms with Gasteiger partial charge in [-0.1, -0.05) is 20.3 Å². The van der Waals surface area contributed by atoms with E-state index in [-0.39, 0.29) is 5.97 Å². The highest BCUT2D eigenvalue weighted by molar-refractivity contribution is 5.69. The molecule has 1 heterocycles. The molecule has 1 unspecified atom stereocenters. The predicted molar refractivity (Wildman–Crippen MR) is 60.7 cm³/mol. The van der Waals surface area contributed by atoms with Crippen LogP contribution in [0.1, 0.15) is 46.0 Å². The number of esters is 1. The number of nitrogens with one attached hydrogen (secondary N) is 1. The molecular formula is C12H23NO2. The summed E-state index contributed by atoms with van der Waals surface area (Å²) in [4.78, 5) is 11.3. The Morgan fingerprint density at radius 2 is 2.27 bits per heavy atom. The summed E-state index contributed by atoms with van der Waals surface area (Å²) < 4.78 is 5.13. The zero-order valence-electron chi connectivity index (χ0n) is 9.92. The number of hydrogen-bond donors (Lipinski definition) is 1. The minimum atomic E-state index is -0.0453. The van der Waals surface area contributed by atoms with E-state index in [0.29, 0.717) is 25.0 Å². The monoisotopic (exact) mass is 213 g/mol. The molecular weight excluding hydrogens is 190 g/mol. The third-order valence-electron chi connectivity index (χ3n) is 2.69. The number of carbonyl (C=O) groups excluding carboxylic acids is 1. The van der Waals surface area contributed by atoms with Crippen molar-refractivity contribution in [2.75, 3.05) is 13.2 Å². The van der Waals surface area contributed by atoms with E-state index >= 15 is 0 Å². The molecule has 1 aliphatic rings. The molecule has 1 N–H and O–H groups in total. The highest BCUT2D eigenvalue weighted by Crippen LogP contribution is 2.12. The van der Waals surface area contributed by atoms with Crippen LogP contribution in [-0.2, 0) is 9.53 Å². The third kappa shape index (κ3) is 5.78. The van der Waals surface area contributed by atoms with Gasteiger partial charge in [0.15, 0.2) is 0 Å². The topological polar surface area (TPSA) is 38.3 Å². The molecule has 0 aromatic rings. The summed E-state index contributed by atoms with van der Waals surface area (Å²) in [6.07, 6.45) is 5.26. The van der Waals surface area contributed by atoms with Gasteiger partial charge >= 0.3 is 5.97 Å². The molecule has 1 atom stereocenters. The van der Waals surface area contributed by atoms with E-state index in [4.69, 9.17) is 4.74 Å². The number of carbonyl (C=O) groups is 1. The normalized spacial score (nSPS) is 21.7. The summed E-state index contributed by atoms with van der Waals surface area (Å²) in [6, 6.07) is 0.533. The van der Waals surface area contributed by atoms with Crippen molar-refractivity contribution in [3.63, 3.8) is 0 Å². The van der Waals surface area contributed by atoms with E-state index < -0.39 is 0 Å². The van der Waals surface area contributed by atoms with Crippen LogP contribution in [0.4, 0.5) is 0 Å². The van der Waals surface area contributed by atoms with Crippen molar-refractivity contribution in [3.8, 4) is 0 Å². The van der Waals surface area contributed by atoms with Crippen LogP contribution in [0.5, 0.6) is 0 Å². The fourth-order valence-electron chi connectivity index (χ4n) is 1.79. The van der Waals surface area contributed by atoms with Gasteiger partial charge in [0.1, 0.15) is 0 Å². The van der Waals surface area contributed by atoms with Crippen LogP contribution >= 0.6 is 0 Å². The molecule has 1 aliphatic heterocycles. The summed E-state index contributed by atoms with van der Waals surface area (Å²) in [5, 5.41) is 3.43. The van der Waals surface area contributed by atoms with E-state index in [1.54, 1.807) is 0 Å². The molecule has 0 radical (unpaired) electrons. The molecule has 3 heteroatoms. The first-order valence-electron chi connectivity index (χ1n) is 6.07. The predicted octanol–water partition coefficient (Wildman–Crippen LogP) is 2.11. The standard InChI is InChI=1S/C12H23NO2/c1-10(2)9-15-12(14)7-6-11-5-3-4-8-13-11/h10-11,13H,3-9H2,1-2H3. The van der Waals surface area contributed by atoms with E-state index in [1.165, 1.54) is 19.3 Å². The molecule has 0 amide bonds. The Balaban J connectivity index is 2.05. The molecule has 1 rings (SSSR count). The molecule has 0 aromatic heterocycles. The first-order chi connectivity index (χ1) is 7.18. The van der Waals surface area contributed by atoms with Gasteiger partial charge in [-0.3, -0.25) is 4.79 Å². The Labute approximate surface area is 92.6 Å². The van der Waals surface area contributed by atoms with Crippen molar-refractivity contribution >= 4 is 5.97 Å². The van der Waals surface area contributed by atoms with Crippen molar-refractivity contribution in [2.24, 2.45) is 5.92 Å². The van der Waals surface area contributed by atoms with Gasteiger partial charge in [0.05, 0.1) is 6.61 Å². The molecule has 88 valence electrons. The van der Waals surface area contributed by atoms with Crippen LogP contribution in [0.2, 0.25) is 0 Å². The highest BCUT2D eigenvalue weighted by Gasteiger charge is 2.14. The van der Waals surface area contributed by atoms with Gasteiger partial charge in [0, 0.05) is 12.5 Å². The summed E-state index contributed by atoms with van der Waals surface area (Å²) in [7, 11) is 0. The molecule has 1 fully saturated rings. The zero-order valence-corrected chi connectivity index (χ0v) is 9.92. The van der Waals surface area contributed by atoms with Crippen LogP contribution in [0.15, 0.2) is 0 Å². The van der Waals surface area contributed by atoms with E-state index in [9.17, 15) is 4.79 Å². The van der Waals surface area contributed by atoms with Crippen molar-refractivity contribution in [1.29, 1.82) is 0 Å². The Bertz CT molecular complexity index is 186. The van der Waals surface area contributed by atoms with Crippen molar-refractivity contribution in [1.82, 2.24) is 5.32 Å². The molecule has 0 aromatic carbocycles. The van der Waals surface area contributed by atoms with Gasteiger partial charge in [-0.15, -0.1) is 0 Å². The highest BCUT2D eigenvalue weighted by atomic mass is 16.5. The second-order valence-corrected chi connectivity index (χ2v) is 4.76. The van der Waals surface area contributed by atoms with Crippen molar-refractivity contribution in [3.05, 3.63) is 0 Å². The Morgan fingerprint density at radius 3 is 2.87 bits per heavy atom. The van der Waals surface area contributed by atoms with Crippen LogP contribution in [0.25, 0.3) is 0 Å². The van der Waals surface area contributed by atoms with E-state index in [0.717, 1.165) is 13.0 Å². The zero-order chi connectivity index (χ0) is 11.1. The maximum atomic E-state index is 11.3. The van der Waals surface area contributed by atoms with Crippen LogP contribution in [0, 0.1) is 5.92 Å². The quantitative estimate of drug-likeness (QED) is 0.711. The van der Waals surface area contributed by atoms with Crippen molar-refractivity contribution in [2.45, 2.75) is 52.0 Å². The van der Waals surface area contributed by atoms with Gasteiger partial charge in [-0.2, -0.15) is 0 Å². The van der Waals surface area contributed by atoms with E-state index in [2.05, 4.69) is 19.2 Å². The molecule has 0 aliphatic carbocycles. The summed E-state index contributed by atoms with van der Waals surface area (Å²) in [5.74, 6) is 0.387. The summed E-state index contributed by atoms with van der Waals surface area (Å²) in [5.41, 5.74) is 0. The lowest BCUT2D eigenvalue weighted by molar-refractivity contribution is -0.145. The van der Waals surface area contributed by atoms with Gasteiger partial charge < -0.3 is 10.1 Å². The number of ether oxygens (including phenoxy) is 1. The largest absolute Gasteiger partial charge is 0.465 e. The molecule has 0 spiro atoms. The minimum Gasteiger partial charge on any atom is -0.465 e. The lowest BCUT2D eigenvalue weighted by Crippen LogP contribution is -2.34. The molecule has 3 nitrogen and oxygen atoms in total. The second-order valence-electron chi connectivity index (χ2n) is 4.76. The maximum absolute atomic E-state index is 11.3. The van der Waals surface area contributed by atoms with Gasteiger partial charge in [0.2, 0.25) is 0 Å². The molecule has 15 heavy (non-hydrogen) atoms. The number of hydrogen-bond acceptors (Lipinski definition) is 3. The smallest absolute Gasteiger partial charge is 0.305 e. The van der Waals surface area contributed by atoms with Gasteiger partial charge in [-0.25, -0.2) is 0 Å². The Hall–Kier alpha value is -0.570. The minimum absolute atomic E-state index is 0.0453.